The predicted molar refractivity (Wildman–Crippen MR) is 92.8 cm³/mol. The average Bonchev–Trinajstić information content (AvgIpc) is 2.55. The molecule has 0 fully saturated rings. The van der Waals surface area contributed by atoms with E-state index < -0.39 is 0 Å². The van der Waals surface area contributed by atoms with Gasteiger partial charge < -0.3 is 0 Å². The monoisotopic (exact) mass is 304 g/mol. The zero-order valence-corrected chi connectivity index (χ0v) is 14.8. The fourth-order valence-corrected chi connectivity index (χ4v) is 3.21. The molecule has 0 aromatic rings. The molecule has 0 bridgehead atoms. The number of allylic oxidation sites excluding steroid dienone is 4. The van der Waals surface area contributed by atoms with Crippen LogP contribution in [0.3, 0.4) is 0 Å². The molecule has 2 aliphatic rings. The van der Waals surface area contributed by atoms with Gasteiger partial charge in [-0.25, -0.2) is 0 Å². The second-order valence-electron chi connectivity index (χ2n) is 6.35. The van der Waals surface area contributed by atoms with Crippen molar-refractivity contribution in [1.29, 1.82) is 0 Å². The molecule has 0 N–H and O–H groups in total. The first-order valence-electron chi connectivity index (χ1n) is 9.02. The van der Waals surface area contributed by atoms with Crippen LogP contribution < -0.4 is 0 Å². The van der Waals surface area contributed by atoms with Gasteiger partial charge in [-0.15, -0.1) is 0 Å². The van der Waals surface area contributed by atoms with Crippen LogP contribution in [0.2, 0.25) is 0 Å². The van der Waals surface area contributed by atoms with Gasteiger partial charge in [-0.1, -0.05) is 46.3 Å². The SMILES string of the molecule is CCC1=CCC(CC)CC1=O.CCC1=CCCC(CC)C1=O. The highest BCUT2D eigenvalue weighted by molar-refractivity contribution is 5.97. The van der Waals surface area contributed by atoms with Crippen LogP contribution >= 0.6 is 0 Å². The van der Waals surface area contributed by atoms with E-state index >= 15 is 0 Å². The van der Waals surface area contributed by atoms with Gasteiger partial charge >= 0.3 is 0 Å². The van der Waals surface area contributed by atoms with Crippen LogP contribution in [0, 0.1) is 11.8 Å². The van der Waals surface area contributed by atoms with Gasteiger partial charge in [0.25, 0.3) is 0 Å². The fraction of sp³-hybridized carbons (Fsp3) is 0.700. The Morgan fingerprint density at radius 2 is 1.64 bits per heavy atom. The van der Waals surface area contributed by atoms with Crippen molar-refractivity contribution in [2.24, 2.45) is 11.8 Å². The summed E-state index contributed by atoms with van der Waals surface area (Å²) < 4.78 is 0. The van der Waals surface area contributed by atoms with Gasteiger partial charge in [-0.2, -0.15) is 0 Å². The van der Waals surface area contributed by atoms with Gasteiger partial charge in [-0.3, -0.25) is 9.59 Å². The third-order valence-electron chi connectivity index (χ3n) is 4.95. The van der Waals surface area contributed by atoms with Crippen molar-refractivity contribution in [3.8, 4) is 0 Å². The average molecular weight is 304 g/mol. The maximum absolute atomic E-state index is 11.5. The molecule has 0 amide bonds. The number of carbonyl (C=O) groups is 2. The molecule has 2 atom stereocenters. The van der Waals surface area contributed by atoms with Crippen molar-refractivity contribution < 1.29 is 9.59 Å². The Morgan fingerprint density at radius 3 is 2.14 bits per heavy atom. The Labute approximate surface area is 136 Å². The van der Waals surface area contributed by atoms with Crippen LogP contribution in [0.4, 0.5) is 0 Å². The van der Waals surface area contributed by atoms with E-state index in [9.17, 15) is 9.59 Å². The first kappa shape index (κ1) is 18.9. The molecule has 2 heteroatoms. The summed E-state index contributed by atoms with van der Waals surface area (Å²) in [6, 6.07) is 0. The van der Waals surface area contributed by atoms with E-state index in [1.54, 1.807) is 0 Å². The molecule has 0 radical (unpaired) electrons. The lowest BCUT2D eigenvalue weighted by Crippen LogP contribution is -2.19. The molecular weight excluding hydrogens is 272 g/mol. The summed E-state index contributed by atoms with van der Waals surface area (Å²) in [5, 5.41) is 0. The number of rotatable bonds is 4. The molecular formula is C20H32O2. The number of hydrogen-bond donors (Lipinski definition) is 0. The molecule has 0 saturated carbocycles. The molecule has 0 aromatic heterocycles. The number of Topliss-reactive ketones (excluding diaryl/α,β-unsaturated/α-hetero) is 2. The second kappa shape index (κ2) is 9.76. The Hall–Kier alpha value is -1.18. The molecule has 22 heavy (non-hydrogen) atoms. The maximum atomic E-state index is 11.5. The normalized spacial score (nSPS) is 25.1. The largest absolute Gasteiger partial charge is 0.295 e. The van der Waals surface area contributed by atoms with Crippen LogP contribution in [0.5, 0.6) is 0 Å². The number of carbonyl (C=O) groups excluding carboxylic acids is 2. The summed E-state index contributed by atoms with van der Waals surface area (Å²) >= 11 is 0. The molecule has 0 spiro atoms. The molecule has 0 saturated heterocycles. The zero-order valence-electron chi connectivity index (χ0n) is 14.8. The minimum Gasteiger partial charge on any atom is -0.295 e. The van der Waals surface area contributed by atoms with Gasteiger partial charge in [0.1, 0.15) is 0 Å². The van der Waals surface area contributed by atoms with Crippen LogP contribution in [0.1, 0.15) is 79.1 Å². The topological polar surface area (TPSA) is 34.1 Å². The summed E-state index contributed by atoms with van der Waals surface area (Å²) in [7, 11) is 0. The molecule has 2 unspecified atom stereocenters. The Bertz CT molecular complexity index is 443. The van der Waals surface area contributed by atoms with Gasteiger partial charge in [0.05, 0.1) is 0 Å². The molecule has 2 nitrogen and oxygen atoms in total. The maximum Gasteiger partial charge on any atom is 0.161 e. The quantitative estimate of drug-likeness (QED) is 0.694. The highest BCUT2D eigenvalue weighted by Crippen LogP contribution is 2.25. The van der Waals surface area contributed by atoms with Crippen LogP contribution in [-0.4, -0.2) is 11.6 Å². The summed E-state index contributed by atoms with van der Waals surface area (Å²) in [6.45, 7) is 8.36. The fourth-order valence-electron chi connectivity index (χ4n) is 3.21. The predicted octanol–water partition coefficient (Wildman–Crippen LogP) is 5.42. The molecule has 2 rings (SSSR count). The first-order valence-corrected chi connectivity index (χ1v) is 9.02. The van der Waals surface area contributed by atoms with Crippen molar-refractivity contribution in [3.63, 3.8) is 0 Å². The Kier molecular flexibility index (Phi) is 8.37. The smallest absolute Gasteiger partial charge is 0.161 e. The summed E-state index contributed by atoms with van der Waals surface area (Å²) in [6.07, 6.45) is 12.3. The van der Waals surface area contributed by atoms with Crippen LogP contribution in [0.15, 0.2) is 23.3 Å². The summed E-state index contributed by atoms with van der Waals surface area (Å²) in [5.74, 6) is 1.74. The molecule has 0 aliphatic heterocycles. The van der Waals surface area contributed by atoms with Crippen molar-refractivity contribution in [2.75, 3.05) is 0 Å². The van der Waals surface area contributed by atoms with Gasteiger partial charge in [0.2, 0.25) is 0 Å². The minimum absolute atomic E-state index is 0.329. The van der Waals surface area contributed by atoms with Gasteiger partial charge in [0, 0.05) is 12.3 Å². The number of ketones is 2. The number of hydrogen-bond acceptors (Lipinski definition) is 2. The lowest BCUT2D eigenvalue weighted by atomic mass is 9.85. The van der Waals surface area contributed by atoms with E-state index in [1.807, 2.05) is 0 Å². The lowest BCUT2D eigenvalue weighted by Gasteiger charge is -2.18. The second-order valence-corrected chi connectivity index (χ2v) is 6.35. The van der Waals surface area contributed by atoms with E-state index in [0.29, 0.717) is 23.4 Å². The van der Waals surface area contributed by atoms with Gasteiger partial charge in [-0.05, 0) is 55.6 Å². The third-order valence-corrected chi connectivity index (χ3v) is 4.95. The van der Waals surface area contributed by atoms with E-state index in [-0.39, 0.29) is 0 Å². The van der Waals surface area contributed by atoms with E-state index in [4.69, 9.17) is 0 Å². The lowest BCUT2D eigenvalue weighted by molar-refractivity contribution is -0.120. The van der Waals surface area contributed by atoms with Crippen LogP contribution in [-0.2, 0) is 9.59 Å². The van der Waals surface area contributed by atoms with Crippen molar-refractivity contribution in [3.05, 3.63) is 23.3 Å². The Balaban J connectivity index is 0.000000220. The zero-order chi connectivity index (χ0) is 16.5. The van der Waals surface area contributed by atoms with E-state index in [1.165, 1.54) is 0 Å². The molecule has 124 valence electrons. The third kappa shape index (κ3) is 5.23. The van der Waals surface area contributed by atoms with E-state index in [0.717, 1.165) is 62.5 Å². The first-order chi connectivity index (χ1) is 10.6. The van der Waals surface area contributed by atoms with Gasteiger partial charge in [0.15, 0.2) is 11.6 Å². The summed E-state index contributed by atoms with van der Waals surface area (Å²) in [5.41, 5.74) is 2.11. The minimum atomic E-state index is 0.329. The molecule has 2 aliphatic carbocycles. The van der Waals surface area contributed by atoms with Crippen molar-refractivity contribution in [2.45, 2.75) is 79.1 Å². The standard InChI is InChI=1S/2C10H16O/c1-3-8-5-6-9(4-2)10(11)7-8;1-3-8-6-5-7-9(4-2)10(8)11/h6,8H,3-5,7H2,1-2H3;6,9H,3-5,7H2,1-2H3. The highest BCUT2D eigenvalue weighted by atomic mass is 16.1. The Morgan fingerprint density at radius 1 is 0.955 bits per heavy atom. The highest BCUT2D eigenvalue weighted by Gasteiger charge is 2.21. The molecule has 0 aromatic carbocycles. The van der Waals surface area contributed by atoms with Crippen molar-refractivity contribution in [1.82, 2.24) is 0 Å². The summed E-state index contributed by atoms with van der Waals surface area (Å²) in [4.78, 5) is 22.8. The van der Waals surface area contributed by atoms with E-state index in [2.05, 4.69) is 39.8 Å². The van der Waals surface area contributed by atoms with Crippen molar-refractivity contribution >= 4 is 11.6 Å². The molecule has 0 heterocycles. The van der Waals surface area contributed by atoms with Crippen LogP contribution in [0.25, 0.3) is 0 Å².